The second-order valence-corrected chi connectivity index (χ2v) is 5.66. The third-order valence-electron chi connectivity index (χ3n) is 3.23. The molecule has 4 nitrogen and oxygen atoms in total. The van der Waals surface area contributed by atoms with E-state index in [1.807, 2.05) is 19.4 Å². The Kier molecular flexibility index (Phi) is 14.9. The van der Waals surface area contributed by atoms with Crippen LogP contribution in [0.1, 0.15) is 66.0 Å². The van der Waals surface area contributed by atoms with Crippen molar-refractivity contribution >= 4 is 17.8 Å². The summed E-state index contributed by atoms with van der Waals surface area (Å²) in [6.45, 7) is 9.50. The Bertz CT molecular complexity index is 329. The van der Waals surface area contributed by atoms with Crippen molar-refractivity contribution in [3.63, 3.8) is 0 Å². The predicted molar refractivity (Wildman–Crippen MR) is 92.1 cm³/mol. The second-order valence-electron chi connectivity index (χ2n) is 4.95. The van der Waals surface area contributed by atoms with Crippen LogP contribution in [-0.2, 0) is 4.79 Å². The lowest BCUT2D eigenvalue weighted by molar-refractivity contribution is -0.122. The van der Waals surface area contributed by atoms with E-state index < -0.39 is 0 Å². The number of aromatic nitrogens is 1. The second kappa shape index (κ2) is 14.0. The highest BCUT2D eigenvalue weighted by Gasteiger charge is 2.28. The van der Waals surface area contributed by atoms with Gasteiger partial charge in [0.15, 0.2) is 0 Å². The van der Waals surface area contributed by atoms with E-state index in [9.17, 15) is 0 Å². The number of carbonyl (C=O) groups is 1. The van der Waals surface area contributed by atoms with E-state index in [0.29, 0.717) is 12.0 Å². The molecule has 0 aliphatic carbocycles. The van der Waals surface area contributed by atoms with Crippen LogP contribution >= 0.6 is 11.3 Å². The van der Waals surface area contributed by atoms with Gasteiger partial charge in [0.25, 0.3) is 6.47 Å². The molecule has 124 valence electrons. The molecule has 0 amide bonds. The minimum Gasteiger partial charge on any atom is -0.483 e. The number of hydrogen-bond donors (Lipinski definition) is 2. The fraction of sp³-hybridized carbons (Fsp3) is 0.750. The van der Waals surface area contributed by atoms with E-state index >= 15 is 0 Å². The van der Waals surface area contributed by atoms with Gasteiger partial charge in [0.1, 0.15) is 0 Å². The van der Waals surface area contributed by atoms with E-state index in [1.165, 1.54) is 25.0 Å². The maximum atomic E-state index is 8.36. The maximum absolute atomic E-state index is 8.36. The first-order valence-corrected chi connectivity index (χ1v) is 8.32. The van der Waals surface area contributed by atoms with Crippen molar-refractivity contribution in [1.82, 2.24) is 10.3 Å². The Hall–Kier alpha value is -0.940. The van der Waals surface area contributed by atoms with Gasteiger partial charge in [-0.15, -0.1) is 11.3 Å². The van der Waals surface area contributed by atoms with Gasteiger partial charge in [0.05, 0.1) is 11.2 Å². The molecule has 5 heteroatoms. The van der Waals surface area contributed by atoms with Gasteiger partial charge in [-0.2, -0.15) is 0 Å². The van der Waals surface area contributed by atoms with Gasteiger partial charge < -0.3 is 10.4 Å². The van der Waals surface area contributed by atoms with Crippen molar-refractivity contribution in [3.05, 3.63) is 16.6 Å². The van der Waals surface area contributed by atoms with Gasteiger partial charge in [-0.1, -0.05) is 35.1 Å². The monoisotopic (exact) mass is 316 g/mol. The lowest BCUT2D eigenvalue weighted by Gasteiger charge is -2.18. The van der Waals surface area contributed by atoms with Crippen molar-refractivity contribution in [1.29, 1.82) is 0 Å². The zero-order valence-electron chi connectivity index (χ0n) is 13.0. The number of carboxylic acid groups (broad SMARTS) is 1. The first-order valence-electron chi connectivity index (χ1n) is 7.38. The van der Waals surface area contributed by atoms with Crippen LogP contribution in [0.2, 0.25) is 0 Å². The summed E-state index contributed by atoms with van der Waals surface area (Å²) in [6, 6.07) is 0.662. The Morgan fingerprint density at radius 1 is 1.52 bits per heavy atom. The SMILES string of the molecule is C.CC.CC(C)CCC1NCC[C@H]1c1cscn1.O=CO. The van der Waals surface area contributed by atoms with Crippen LogP contribution in [0.5, 0.6) is 0 Å². The summed E-state index contributed by atoms with van der Waals surface area (Å²) in [5.74, 6) is 1.47. The van der Waals surface area contributed by atoms with Crippen molar-refractivity contribution in [2.45, 2.75) is 66.3 Å². The van der Waals surface area contributed by atoms with E-state index in [4.69, 9.17) is 9.90 Å². The summed E-state index contributed by atoms with van der Waals surface area (Å²) >= 11 is 1.71. The van der Waals surface area contributed by atoms with Crippen LogP contribution in [-0.4, -0.2) is 29.1 Å². The van der Waals surface area contributed by atoms with Crippen LogP contribution < -0.4 is 5.32 Å². The Labute approximate surface area is 134 Å². The molecule has 1 unspecified atom stereocenters. The normalized spacial score (nSPS) is 19.7. The third kappa shape index (κ3) is 8.83. The first-order chi connectivity index (χ1) is 9.69. The van der Waals surface area contributed by atoms with Gasteiger partial charge in [-0.25, -0.2) is 4.98 Å². The maximum Gasteiger partial charge on any atom is 0.290 e. The summed E-state index contributed by atoms with van der Waals surface area (Å²) in [4.78, 5) is 12.8. The molecular weight excluding hydrogens is 284 g/mol. The van der Waals surface area contributed by atoms with Crippen LogP contribution in [0, 0.1) is 5.92 Å². The third-order valence-corrected chi connectivity index (χ3v) is 3.84. The number of thiazole rings is 1. The van der Waals surface area contributed by atoms with Crippen molar-refractivity contribution in [2.75, 3.05) is 6.54 Å². The molecule has 1 aromatic heterocycles. The quantitative estimate of drug-likeness (QED) is 0.809. The largest absolute Gasteiger partial charge is 0.483 e. The van der Waals surface area contributed by atoms with Crippen LogP contribution in [0.3, 0.4) is 0 Å². The van der Waals surface area contributed by atoms with Gasteiger partial charge in [0, 0.05) is 17.3 Å². The molecule has 2 N–H and O–H groups in total. The van der Waals surface area contributed by atoms with Gasteiger partial charge in [0.2, 0.25) is 0 Å². The topological polar surface area (TPSA) is 62.2 Å². The fourth-order valence-electron chi connectivity index (χ4n) is 2.34. The number of nitrogens with one attached hydrogen (secondary N) is 1. The van der Waals surface area contributed by atoms with Gasteiger partial charge in [-0.05, 0) is 31.7 Å². The van der Waals surface area contributed by atoms with E-state index in [2.05, 4.69) is 29.5 Å². The molecule has 0 bridgehead atoms. The highest BCUT2D eigenvalue weighted by molar-refractivity contribution is 7.07. The average Bonchev–Trinajstić information content (AvgIpc) is 3.10. The van der Waals surface area contributed by atoms with Crippen LogP contribution in [0.25, 0.3) is 0 Å². The molecule has 0 radical (unpaired) electrons. The highest BCUT2D eigenvalue weighted by atomic mass is 32.1. The summed E-state index contributed by atoms with van der Waals surface area (Å²) < 4.78 is 0. The zero-order valence-corrected chi connectivity index (χ0v) is 13.8. The van der Waals surface area contributed by atoms with E-state index in [0.717, 1.165) is 12.5 Å². The van der Waals surface area contributed by atoms with Crippen LogP contribution in [0.15, 0.2) is 10.9 Å². The molecule has 0 spiro atoms. The summed E-state index contributed by atoms with van der Waals surface area (Å²) in [5, 5.41) is 12.7. The molecule has 1 fully saturated rings. The minimum absolute atomic E-state index is 0. The average molecular weight is 317 g/mol. The van der Waals surface area contributed by atoms with E-state index in [1.54, 1.807) is 11.3 Å². The first kappa shape index (κ1) is 22.3. The Morgan fingerprint density at radius 3 is 2.62 bits per heavy atom. The Morgan fingerprint density at radius 2 is 2.14 bits per heavy atom. The summed E-state index contributed by atoms with van der Waals surface area (Å²) in [7, 11) is 0. The molecule has 1 saturated heterocycles. The molecular formula is C16H32N2O2S. The molecule has 1 aromatic rings. The van der Waals surface area contributed by atoms with Gasteiger partial charge >= 0.3 is 0 Å². The molecule has 2 rings (SSSR count). The standard InChI is InChI=1S/C12H20N2S.C2H6.CH2O2.CH4/c1-9(2)3-4-11-10(5-6-13-11)12-7-15-8-14-12;1-2;2-1-3;/h7-11,13H,3-6H2,1-2H3;1-2H3;1H,(H,2,3);1H4/t10-,11?;;;/m1.../s1. The summed E-state index contributed by atoms with van der Waals surface area (Å²) in [6.07, 6.45) is 3.87. The van der Waals surface area contributed by atoms with Crippen LogP contribution in [0.4, 0.5) is 0 Å². The number of rotatable bonds is 4. The molecule has 2 atom stereocenters. The molecule has 0 aromatic carbocycles. The van der Waals surface area contributed by atoms with Gasteiger partial charge in [-0.3, -0.25) is 4.79 Å². The number of nitrogens with zero attached hydrogens (tertiary/aromatic N) is 1. The molecule has 1 aliphatic rings. The molecule has 0 saturated carbocycles. The lowest BCUT2D eigenvalue weighted by atomic mass is 9.92. The van der Waals surface area contributed by atoms with E-state index in [-0.39, 0.29) is 13.9 Å². The minimum atomic E-state index is -0.250. The highest BCUT2D eigenvalue weighted by Crippen LogP contribution is 2.30. The fourth-order valence-corrected chi connectivity index (χ4v) is 2.96. The Balaban J connectivity index is 0. The lowest BCUT2D eigenvalue weighted by Crippen LogP contribution is -2.26. The molecule has 1 aliphatic heterocycles. The molecule has 2 heterocycles. The van der Waals surface area contributed by atoms with Crippen molar-refractivity contribution in [3.8, 4) is 0 Å². The zero-order chi connectivity index (χ0) is 15.4. The molecule has 21 heavy (non-hydrogen) atoms. The number of hydrogen-bond acceptors (Lipinski definition) is 4. The summed E-state index contributed by atoms with van der Waals surface area (Å²) in [5.41, 5.74) is 3.26. The predicted octanol–water partition coefficient (Wildman–Crippen LogP) is 4.39. The van der Waals surface area contributed by atoms with Crippen molar-refractivity contribution in [2.24, 2.45) is 5.92 Å². The smallest absolute Gasteiger partial charge is 0.290 e. The van der Waals surface area contributed by atoms with Crippen molar-refractivity contribution < 1.29 is 9.90 Å².